The number of ether oxygens (including phenoxy) is 1. The van der Waals surface area contributed by atoms with Gasteiger partial charge < -0.3 is 9.30 Å². The molecule has 0 N–H and O–H groups in total. The quantitative estimate of drug-likeness (QED) is 0.660. The van der Waals surface area contributed by atoms with Gasteiger partial charge >= 0.3 is 6.18 Å². The Bertz CT molecular complexity index is 918. The molecule has 4 rings (SSSR count). The Morgan fingerprint density at radius 3 is 2.64 bits per heavy atom. The van der Waals surface area contributed by atoms with Crippen molar-refractivity contribution < 1.29 is 17.9 Å². The molecule has 0 bridgehead atoms. The predicted octanol–water partition coefficient (Wildman–Crippen LogP) is 4.04. The Balaban J connectivity index is 1.39. The third-order valence-electron chi connectivity index (χ3n) is 4.98. The number of rotatable bonds is 5. The van der Waals surface area contributed by atoms with Gasteiger partial charge in [0.25, 0.3) is 0 Å². The molecule has 1 aliphatic rings. The first-order chi connectivity index (χ1) is 13.5. The molecule has 1 saturated heterocycles. The van der Waals surface area contributed by atoms with Crippen LogP contribution in [0.2, 0.25) is 0 Å². The van der Waals surface area contributed by atoms with Gasteiger partial charge in [0, 0.05) is 37.4 Å². The zero-order valence-corrected chi connectivity index (χ0v) is 15.3. The first-order valence-corrected chi connectivity index (χ1v) is 9.26. The summed E-state index contributed by atoms with van der Waals surface area (Å²) in [7, 11) is 0. The van der Waals surface area contributed by atoms with E-state index in [0.717, 1.165) is 43.6 Å². The summed E-state index contributed by atoms with van der Waals surface area (Å²) >= 11 is 0. The summed E-state index contributed by atoms with van der Waals surface area (Å²) in [6.45, 7) is 1.56. The van der Waals surface area contributed by atoms with Gasteiger partial charge in [-0.05, 0) is 37.1 Å². The van der Waals surface area contributed by atoms with Crippen molar-refractivity contribution >= 4 is 10.9 Å². The first-order valence-electron chi connectivity index (χ1n) is 9.26. The molecule has 8 heteroatoms. The smallest absolute Gasteiger partial charge is 0.406 e. The molecule has 3 aromatic rings. The number of likely N-dealkylation sites (tertiary alicyclic amines) is 1. The van der Waals surface area contributed by atoms with Gasteiger partial charge in [0.05, 0.1) is 11.2 Å². The second-order valence-electron chi connectivity index (χ2n) is 7.04. The molecule has 0 radical (unpaired) electrons. The van der Waals surface area contributed by atoms with Crippen molar-refractivity contribution in [1.82, 2.24) is 19.4 Å². The van der Waals surface area contributed by atoms with E-state index in [0.29, 0.717) is 11.3 Å². The predicted molar refractivity (Wildman–Crippen MR) is 99.0 cm³/mol. The summed E-state index contributed by atoms with van der Waals surface area (Å²) in [4.78, 5) is 10.5. The van der Waals surface area contributed by atoms with E-state index in [9.17, 15) is 13.2 Å². The number of hydrogen-bond donors (Lipinski definition) is 0. The molecule has 1 aromatic carbocycles. The summed E-state index contributed by atoms with van der Waals surface area (Å²) in [5, 5.41) is 0.718. The SMILES string of the molecule is FC(F)(F)Cn1ccc2c(OC3CCN(Cc4ccncn4)CC3)cccc21. The van der Waals surface area contributed by atoms with Crippen LogP contribution < -0.4 is 4.74 Å². The van der Waals surface area contributed by atoms with Gasteiger partial charge in [-0.15, -0.1) is 0 Å². The Morgan fingerprint density at radius 2 is 1.93 bits per heavy atom. The molecule has 3 heterocycles. The fourth-order valence-electron chi connectivity index (χ4n) is 3.63. The van der Waals surface area contributed by atoms with Gasteiger partial charge in [0.15, 0.2) is 0 Å². The molecule has 0 amide bonds. The van der Waals surface area contributed by atoms with Crippen molar-refractivity contribution in [1.29, 1.82) is 0 Å². The molecule has 148 valence electrons. The number of hydrogen-bond acceptors (Lipinski definition) is 4. The largest absolute Gasteiger partial charge is 0.490 e. The van der Waals surface area contributed by atoms with Gasteiger partial charge in [0.1, 0.15) is 24.7 Å². The zero-order chi connectivity index (χ0) is 19.6. The third kappa shape index (κ3) is 4.44. The maximum absolute atomic E-state index is 12.7. The van der Waals surface area contributed by atoms with Gasteiger partial charge in [-0.25, -0.2) is 9.97 Å². The summed E-state index contributed by atoms with van der Waals surface area (Å²) < 4.78 is 45.6. The average molecular weight is 390 g/mol. The van der Waals surface area contributed by atoms with Crippen LogP contribution in [-0.4, -0.2) is 44.8 Å². The van der Waals surface area contributed by atoms with Crippen molar-refractivity contribution in [2.75, 3.05) is 13.1 Å². The van der Waals surface area contributed by atoms with Gasteiger partial charge in [0.2, 0.25) is 0 Å². The highest BCUT2D eigenvalue weighted by atomic mass is 19.4. The summed E-state index contributed by atoms with van der Waals surface area (Å²) in [6.07, 6.45) is 2.29. The van der Waals surface area contributed by atoms with Crippen LogP contribution in [0.25, 0.3) is 10.9 Å². The second-order valence-corrected chi connectivity index (χ2v) is 7.04. The van der Waals surface area contributed by atoms with Gasteiger partial charge in [-0.3, -0.25) is 4.90 Å². The molecule has 28 heavy (non-hydrogen) atoms. The number of alkyl halides is 3. The molecule has 0 unspecified atom stereocenters. The van der Waals surface area contributed by atoms with Crippen LogP contribution in [0.15, 0.2) is 49.1 Å². The molecule has 0 aliphatic carbocycles. The number of fused-ring (bicyclic) bond motifs is 1. The lowest BCUT2D eigenvalue weighted by atomic mass is 10.1. The van der Waals surface area contributed by atoms with E-state index in [1.54, 1.807) is 30.7 Å². The summed E-state index contributed by atoms with van der Waals surface area (Å²) in [6, 6.07) is 8.87. The topological polar surface area (TPSA) is 43.2 Å². The minimum atomic E-state index is -4.25. The Hall–Kier alpha value is -2.61. The molecule has 1 fully saturated rings. The Kier molecular flexibility index (Phi) is 5.21. The molecule has 5 nitrogen and oxygen atoms in total. The van der Waals surface area contributed by atoms with E-state index in [1.165, 1.54) is 10.8 Å². The maximum atomic E-state index is 12.7. The van der Waals surface area contributed by atoms with Crippen LogP contribution in [0.3, 0.4) is 0 Å². The van der Waals surface area contributed by atoms with Crippen LogP contribution in [0, 0.1) is 0 Å². The highest BCUT2D eigenvalue weighted by molar-refractivity contribution is 5.86. The van der Waals surface area contributed by atoms with E-state index in [2.05, 4.69) is 14.9 Å². The lowest BCUT2D eigenvalue weighted by molar-refractivity contribution is -0.139. The second kappa shape index (κ2) is 7.79. The van der Waals surface area contributed by atoms with Crippen LogP contribution >= 0.6 is 0 Å². The molecule has 0 atom stereocenters. The Morgan fingerprint density at radius 1 is 1.11 bits per heavy atom. The van der Waals surface area contributed by atoms with Crippen molar-refractivity contribution in [2.45, 2.75) is 38.2 Å². The van der Waals surface area contributed by atoms with Gasteiger partial charge in [-0.2, -0.15) is 13.2 Å². The minimum Gasteiger partial charge on any atom is -0.490 e. The third-order valence-corrected chi connectivity index (χ3v) is 4.98. The lowest BCUT2D eigenvalue weighted by Gasteiger charge is -2.32. The van der Waals surface area contributed by atoms with E-state index < -0.39 is 12.7 Å². The van der Waals surface area contributed by atoms with E-state index in [1.807, 2.05) is 12.1 Å². The molecule has 2 aromatic heterocycles. The van der Waals surface area contributed by atoms with Crippen molar-refractivity contribution in [3.05, 3.63) is 54.7 Å². The maximum Gasteiger partial charge on any atom is 0.406 e. The highest BCUT2D eigenvalue weighted by Gasteiger charge is 2.28. The van der Waals surface area contributed by atoms with Crippen LogP contribution in [0.5, 0.6) is 5.75 Å². The van der Waals surface area contributed by atoms with Crippen molar-refractivity contribution in [3.63, 3.8) is 0 Å². The summed E-state index contributed by atoms with van der Waals surface area (Å²) in [5.74, 6) is 0.646. The van der Waals surface area contributed by atoms with Gasteiger partial charge in [-0.1, -0.05) is 6.07 Å². The van der Waals surface area contributed by atoms with Crippen molar-refractivity contribution in [2.24, 2.45) is 0 Å². The lowest BCUT2D eigenvalue weighted by Crippen LogP contribution is -2.38. The number of benzene rings is 1. The van der Waals surface area contributed by atoms with Crippen molar-refractivity contribution in [3.8, 4) is 5.75 Å². The molecule has 1 aliphatic heterocycles. The normalized spacial score (nSPS) is 16.5. The zero-order valence-electron chi connectivity index (χ0n) is 15.3. The standard InChI is InChI=1S/C20H21F3N4O/c21-20(22,23)13-27-11-7-17-18(27)2-1-3-19(17)28-16-5-9-26(10-6-16)12-15-4-8-24-14-25-15/h1-4,7-8,11,14,16H,5-6,9-10,12-13H2. The first kappa shape index (κ1) is 18.7. The minimum absolute atomic E-state index is 0.0539. The van der Waals surface area contributed by atoms with E-state index in [4.69, 9.17) is 4.74 Å². The van der Waals surface area contributed by atoms with Crippen LogP contribution in [0.1, 0.15) is 18.5 Å². The van der Waals surface area contributed by atoms with Crippen LogP contribution in [-0.2, 0) is 13.1 Å². The monoisotopic (exact) mass is 390 g/mol. The van der Waals surface area contributed by atoms with Crippen LogP contribution in [0.4, 0.5) is 13.2 Å². The number of piperidine rings is 1. The Labute approximate surface area is 160 Å². The fraction of sp³-hybridized carbons (Fsp3) is 0.400. The molecular formula is C20H21F3N4O. The molecule has 0 spiro atoms. The highest BCUT2D eigenvalue weighted by Crippen LogP contribution is 2.31. The molecule has 0 saturated carbocycles. The van der Waals surface area contributed by atoms with E-state index >= 15 is 0 Å². The summed E-state index contributed by atoms with van der Waals surface area (Å²) in [5.41, 5.74) is 1.53. The number of halogens is 3. The van der Waals surface area contributed by atoms with E-state index in [-0.39, 0.29) is 6.10 Å². The number of nitrogens with zero attached hydrogens (tertiary/aromatic N) is 4. The fourth-order valence-corrected chi connectivity index (χ4v) is 3.63. The number of aromatic nitrogens is 3. The molecular weight excluding hydrogens is 369 g/mol. The average Bonchev–Trinajstić information content (AvgIpc) is 3.06.